The van der Waals surface area contributed by atoms with Crippen molar-refractivity contribution in [1.29, 1.82) is 0 Å². The number of rotatable bonds is 4. The Morgan fingerprint density at radius 2 is 1.83 bits per heavy atom. The second-order valence-corrected chi connectivity index (χ2v) is 4.14. The van der Waals surface area contributed by atoms with E-state index in [9.17, 15) is 9.59 Å². The highest BCUT2D eigenvalue weighted by atomic mass is 16.5. The Balaban J connectivity index is 2.85. The largest absolute Gasteiger partial charge is 0.464 e. The van der Waals surface area contributed by atoms with E-state index in [1.807, 2.05) is 19.9 Å². The minimum absolute atomic E-state index is 0.134. The molecule has 1 aromatic rings. The topological polar surface area (TPSA) is 55.4 Å². The van der Waals surface area contributed by atoms with Crippen LogP contribution in [0.25, 0.3) is 0 Å². The first-order valence-corrected chi connectivity index (χ1v) is 5.71. The Morgan fingerprint density at radius 1 is 1.22 bits per heavy atom. The molecule has 96 valence electrons. The quantitative estimate of drug-likeness (QED) is 0.655. The highest BCUT2D eigenvalue weighted by Crippen LogP contribution is 2.04. The number of benzene rings is 1. The summed E-state index contributed by atoms with van der Waals surface area (Å²) in [6.07, 6.45) is 1.66. The summed E-state index contributed by atoms with van der Waals surface area (Å²) in [7, 11) is 1.28. The zero-order chi connectivity index (χ0) is 13.5. The fraction of sp³-hybridized carbons (Fsp3) is 0.286. The Bertz CT molecular complexity index is 449. The van der Waals surface area contributed by atoms with Gasteiger partial charge in [-0.3, -0.25) is 4.79 Å². The molecule has 0 bridgehead atoms. The Morgan fingerprint density at radius 3 is 2.33 bits per heavy atom. The van der Waals surface area contributed by atoms with Crippen LogP contribution in [0.4, 0.5) is 0 Å². The van der Waals surface area contributed by atoms with E-state index in [2.05, 4.69) is 10.1 Å². The van der Waals surface area contributed by atoms with Crippen molar-refractivity contribution in [2.45, 2.75) is 13.8 Å². The summed E-state index contributed by atoms with van der Waals surface area (Å²) in [5.41, 5.74) is 0.664. The summed E-state index contributed by atoms with van der Waals surface area (Å²) in [6, 6.07) is 8.71. The molecule has 18 heavy (non-hydrogen) atoms. The van der Waals surface area contributed by atoms with Gasteiger partial charge in [0.15, 0.2) is 0 Å². The summed E-state index contributed by atoms with van der Waals surface area (Å²) >= 11 is 0. The van der Waals surface area contributed by atoms with Crippen LogP contribution >= 0.6 is 0 Å². The van der Waals surface area contributed by atoms with Crippen molar-refractivity contribution in [1.82, 2.24) is 5.32 Å². The maximum Gasteiger partial charge on any atom is 0.354 e. The van der Waals surface area contributed by atoms with E-state index in [0.717, 1.165) is 0 Å². The molecule has 4 nitrogen and oxygen atoms in total. The van der Waals surface area contributed by atoms with Crippen LogP contribution in [0.15, 0.2) is 42.1 Å². The van der Waals surface area contributed by atoms with Crippen LogP contribution < -0.4 is 5.32 Å². The molecule has 0 heterocycles. The fourth-order valence-corrected chi connectivity index (χ4v) is 1.39. The van der Waals surface area contributed by atoms with Crippen LogP contribution in [-0.4, -0.2) is 19.0 Å². The van der Waals surface area contributed by atoms with Crippen molar-refractivity contribution in [2.75, 3.05) is 7.11 Å². The predicted octanol–water partition coefficient (Wildman–Crippen LogP) is 2.13. The summed E-state index contributed by atoms with van der Waals surface area (Å²) in [5.74, 6) is -0.740. The monoisotopic (exact) mass is 247 g/mol. The zero-order valence-electron chi connectivity index (χ0n) is 10.8. The summed E-state index contributed by atoms with van der Waals surface area (Å²) in [6.45, 7) is 3.83. The molecule has 0 aliphatic heterocycles. The van der Waals surface area contributed by atoms with Gasteiger partial charge in [0.2, 0.25) is 0 Å². The number of allylic oxidation sites excluding steroid dienone is 1. The SMILES string of the molecule is COC(=O)C(=CC(C)C)NC(=O)c1ccccc1. The number of ether oxygens (including phenoxy) is 1. The second kappa shape index (κ2) is 6.59. The number of esters is 1. The molecule has 0 saturated carbocycles. The van der Waals surface area contributed by atoms with Gasteiger partial charge in [-0.2, -0.15) is 0 Å². The van der Waals surface area contributed by atoms with E-state index < -0.39 is 5.97 Å². The van der Waals surface area contributed by atoms with Crippen molar-refractivity contribution in [3.8, 4) is 0 Å². The maximum absolute atomic E-state index is 11.9. The highest BCUT2D eigenvalue weighted by molar-refractivity contribution is 6.01. The van der Waals surface area contributed by atoms with Gasteiger partial charge in [0.25, 0.3) is 5.91 Å². The van der Waals surface area contributed by atoms with E-state index in [-0.39, 0.29) is 17.5 Å². The van der Waals surface area contributed by atoms with Crippen LogP contribution in [0.1, 0.15) is 24.2 Å². The smallest absolute Gasteiger partial charge is 0.354 e. The number of carbonyl (C=O) groups is 2. The molecule has 0 spiro atoms. The Labute approximate surface area is 107 Å². The third kappa shape index (κ3) is 4.05. The molecular formula is C14H17NO3. The lowest BCUT2D eigenvalue weighted by Gasteiger charge is -2.09. The van der Waals surface area contributed by atoms with Gasteiger partial charge in [-0.25, -0.2) is 4.79 Å². The molecule has 0 radical (unpaired) electrons. The van der Waals surface area contributed by atoms with E-state index in [0.29, 0.717) is 5.56 Å². The zero-order valence-corrected chi connectivity index (χ0v) is 10.8. The minimum atomic E-state index is -0.548. The standard InChI is InChI=1S/C14H17NO3/c1-10(2)9-12(14(17)18-3)15-13(16)11-7-5-4-6-8-11/h4-10H,1-3H3,(H,15,16). The van der Waals surface area contributed by atoms with E-state index in [4.69, 9.17) is 0 Å². The van der Waals surface area contributed by atoms with Gasteiger partial charge in [0.1, 0.15) is 5.70 Å². The van der Waals surface area contributed by atoms with Crippen molar-refractivity contribution >= 4 is 11.9 Å². The van der Waals surface area contributed by atoms with Crippen molar-refractivity contribution in [3.63, 3.8) is 0 Å². The number of carbonyl (C=O) groups excluding carboxylic acids is 2. The third-order valence-corrected chi connectivity index (χ3v) is 2.19. The lowest BCUT2D eigenvalue weighted by atomic mass is 10.1. The lowest BCUT2D eigenvalue weighted by molar-refractivity contribution is -0.136. The van der Waals surface area contributed by atoms with Crippen LogP contribution in [-0.2, 0) is 9.53 Å². The molecular weight excluding hydrogens is 230 g/mol. The molecule has 1 rings (SSSR count). The average Bonchev–Trinajstić information content (AvgIpc) is 2.37. The van der Waals surface area contributed by atoms with Gasteiger partial charge in [-0.1, -0.05) is 38.1 Å². The normalized spacial score (nSPS) is 11.2. The van der Waals surface area contributed by atoms with Crippen molar-refractivity contribution < 1.29 is 14.3 Å². The number of hydrogen-bond donors (Lipinski definition) is 1. The highest BCUT2D eigenvalue weighted by Gasteiger charge is 2.14. The molecule has 0 atom stereocenters. The molecule has 0 unspecified atom stereocenters. The molecule has 1 N–H and O–H groups in total. The molecule has 0 aromatic heterocycles. The van der Waals surface area contributed by atoms with Gasteiger partial charge in [0.05, 0.1) is 7.11 Å². The number of amides is 1. The van der Waals surface area contributed by atoms with E-state index in [1.54, 1.807) is 30.3 Å². The number of hydrogen-bond acceptors (Lipinski definition) is 3. The molecule has 4 heteroatoms. The molecule has 0 saturated heterocycles. The number of methoxy groups -OCH3 is 1. The maximum atomic E-state index is 11.9. The van der Waals surface area contributed by atoms with Crippen LogP contribution in [0.3, 0.4) is 0 Å². The van der Waals surface area contributed by atoms with Gasteiger partial charge in [0, 0.05) is 5.56 Å². The first-order chi connectivity index (χ1) is 8.54. The molecule has 1 amide bonds. The summed E-state index contributed by atoms with van der Waals surface area (Å²) in [5, 5.41) is 2.56. The first-order valence-electron chi connectivity index (χ1n) is 5.71. The minimum Gasteiger partial charge on any atom is -0.464 e. The fourth-order valence-electron chi connectivity index (χ4n) is 1.39. The van der Waals surface area contributed by atoms with Gasteiger partial charge in [-0.05, 0) is 18.1 Å². The molecule has 0 fully saturated rings. The molecule has 0 aliphatic carbocycles. The predicted molar refractivity (Wildman–Crippen MR) is 68.8 cm³/mol. The van der Waals surface area contributed by atoms with Gasteiger partial charge in [-0.15, -0.1) is 0 Å². The third-order valence-electron chi connectivity index (χ3n) is 2.19. The van der Waals surface area contributed by atoms with E-state index >= 15 is 0 Å². The van der Waals surface area contributed by atoms with Crippen LogP contribution in [0.5, 0.6) is 0 Å². The summed E-state index contributed by atoms with van der Waals surface area (Å²) in [4.78, 5) is 23.4. The Hall–Kier alpha value is -2.10. The molecule has 1 aromatic carbocycles. The Kier molecular flexibility index (Phi) is 5.11. The van der Waals surface area contributed by atoms with E-state index in [1.165, 1.54) is 7.11 Å². The average molecular weight is 247 g/mol. The number of nitrogens with one attached hydrogen (secondary N) is 1. The first kappa shape index (κ1) is 14.0. The van der Waals surface area contributed by atoms with Gasteiger partial charge < -0.3 is 10.1 Å². The van der Waals surface area contributed by atoms with Crippen molar-refractivity contribution in [3.05, 3.63) is 47.7 Å². The van der Waals surface area contributed by atoms with Crippen molar-refractivity contribution in [2.24, 2.45) is 5.92 Å². The van der Waals surface area contributed by atoms with Gasteiger partial charge >= 0.3 is 5.97 Å². The second-order valence-electron chi connectivity index (χ2n) is 4.14. The van der Waals surface area contributed by atoms with Crippen LogP contribution in [0, 0.1) is 5.92 Å². The lowest BCUT2D eigenvalue weighted by Crippen LogP contribution is -2.28. The summed E-state index contributed by atoms with van der Waals surface area (Å²) < 4.78 is 4.63. The molecule has 0 aliphatic rings. The van der Waals surface area contributed by atoms with Crippen LogP contribution in [0.2, 0.25) is 0 Å².